The Bertz CT molecular complexity index is 397. The Morgan fingerprint density at radius 2 is 1.89 bits per heavy atom. The molecule has 0 aliphatic rings. The molecule has 1 amide bonds. The number of carbonyl (C=O) groups excluding carboxylic acids is 1. The number of hydrogen-bond donors (Lipinski definition) is 1. The van der Waals surface area contributed by atoms with E-state index in [0.717, 1.165) is 17.2 Å². The minimum atomic E-state index is -0.120. The molecule has 1 atom stereocenters. The molecule has 0 saturated carbocycles. The summed E-state index contributed by atoms with van der Waals surface area (Å²) in [4.78, 5) is 22.3. The Hall–Kier alpha value is -1.49. The second-order valence-corrected chi connectivity index (χ2v) is 4.75. The molecular formula is C13H22N4O. The number of hydrogen-bond acceptors (Lipinski definition) is 4. The molecule has 0 bridgehead atoms. The van der Waals surface area contributed by atoms with Gasteiger partial charge in [-0.1, -0.05) is 0 Å². The first kappa shape index (κ1) is 14.6. The van der Waals surface area contributed by atoms with Gasteiger partial charge in [0.25, 0.3) is 0 Å². The van der Waals surface area contributed by atoms with E-state index in [1.54, 1.807) is 0 Å². The van der Waals surface area contributed by atoms with Gasteiger partial charge in [-0.3, -0.25) is 9.69 Å². The van der Waals surface area contributed by atoms with E-state index in [-0.39, 0.29) is 11.9 Å². The van der Waals surface area contributed by atoms with Crippen molar-refractivity contribution in [2.45, 2.75) is 33.2 Å². The van der Waals surface area contributed by atoms with Crippen LogP contribution >= 0.6 is 0 Å². The standard InChI is InChI=1S/C13H22N4O/c1-9-8-10(2)16-12(15-9)6-7-14-13(18)11(3)17(4)5/h8,11H,6-7H2,1-5H3,(H,14,18)/t11-/m1/s1. The monoisotopic (exact) mass is 250 g/mol. The molecule has 5 nitrogen and oxygen atoms in total. The summed E-state index contributed by atoms with van der Waals surface area (Å²) in [5, 5.41) is 2.89. The summed E-state index contributed by atoms with van der Waals surface area (Å²) in [6.45, 7) is 6.35. The van der Waals surface area contributed by atoms with Gasteiger partial charge in [0.1, 0.15) is 5.82 Å². The van der Waals surface area contributed by atoms with Crippen LogP contribution < -0.4 is 5.32 Å². The zero-order valence-corrected chi connectivity index (χ0v) is 11.8. The van der Waals surface area contributed by atoms with Crippen LogP contribution in [0.25, 0.3) is 0 Å². The van der Waals surface area contributed by atoms with E-state index < -0.39 is 0 Å². The summed E-state index contributed by atoms with van der Waals surface area (Å²) in [6.07, 6.45) is 0.661. The maximum absolute atomic E-state index is 11.7. The smallest absolute Gasteiger partial charge is 0.237 e. The average molecular weight is 250 g/mol. The lowest BCUT2D eigenvalue weighted by molar-refractivity contribution is -0.124. The number of nitrogens with zero attached hydrogens (tertiary/aromatic N) is 3. The van der Waals surface area contributed by atoms with Crippen LogP contribution in [0.15, 0.2) is 6.07 Å². The fourth-order valence-corrected chi connectivity index (χ4v) is 1.59. The number of amides is 1. The summed E-state index contributed by atoms with van der Waals surface area (Å²) in [6, 6.07) is 1.82. The van der Waals surface area contributed by atoms with Gasteiger partial charge in [-0.05, 0) is 40.9 Å². The topological polar surface area (TPSA) is 58.1 Å². The Morgan fingerprint density at radius 3 is 2.39 bits per heavy atom. The van der Waals surface area contributed by atoms with Crippen molar-refractivity contribution in [2.24, 2.45) is 0 Å². The molecule has 0 spiro atoms. The number of aromatic nitrogens is 2. The van der Waals surface area contributed by atoms with Crippen molar-refractivity contribution in [3.63, 3.8) is 0 Å². The van der Waals surface area contributed by atoms with Gasteiger partial charge in [-0.2, -0.15) is 0 Å². The molecule has 1 aromatic rings. The number of nitrogens with one attached hydrogen (secondary N) is 1. The highest BCUT2D eigenvalue weighted by molar-refractivity contribution is 5.81. The molecule has 100 valence electrons. The molecule has 0 saturated heterocycles. The highest BCUT2D eigenvalue weighted by atomic mass is 16.2. The van der Waals surface area contributed by atoms with Gasteiger partial charge in [-0.25, -0.2) is 9.97 Å². The molecule has 1 rings (SSSR count). The quantitative estimate of drug-likeness (QED) is 0.836. The Balaban J connectivity index is 2.44. The van der Waals surface area contributed by atoms with E-state index >= 15 is 0 Å². The third-order valence-corrected chi connectivity index (χ3v) is 2.83. The number of likely N-dealkylation sites (N-methyl/N-ethyl adjacent to an activating group) is 1. The average Bonchev–Trinajstić information content (AvgIpc) is 2.26. The van der Waals surface area contributed by atoms with Gasteiger partial charge in [-0.15, -0.1) is 0 Å². The van der Waals surface area contributed by atoms with Crippen molar-refractivity contribution in [2.75, 3.05) is 20.6 Å². The minimum Gasteiger partial charge on any atom is -0.354 e. The van der Waals surface area contributed by atoms with E-state index in [1.165, 1.54) is 0 Å². The molecular weight excluding hydrogens is 228 g/mol. The van der Waals surface area contributed by atoms with Crippen LogP contribution in [0.3, 0.4) is 0 Å². The van der Waals surface area contributed by atoms with E-state index in [9.17, 15) is 4.79 Å². The summed E-state index contributed by atoms with van der Waals surface area (Å²) in [5.74, 6) is 0.815. The van der Waals surface area contributed by atoms with E-state index in [2.05, 4.69) is 15.3 Å². The predicted molar refractivity (Wildman–Crippen MR) is 71.4 cm³/mol. The van der Waals surface area contributed by atoms with Crippen LogP contribution in [-0.4, -0.2) is 47.5 Å². The molecule has 1 aromatic heterocycles. The van der Waals surface area contributed by atoms with Crippen molar-refractivity contribution in [1.29, 1.82) is 0 Å². The predicted octanol–water partition coefficient (Wildman–Crippen LogP) is 0.702. The summed E-state index contributed by atoms with van der Waals surface area (Å²) in [5.41, 5.74) is 1.93. The Morgan fingerprint density at radius 1 is 1.33 bits per heavy atom. The van der Waals surface area contributed by atoms with Crippen LogP contribution in [0.2, 0.25) is 0 Å². The maximum atomic E-state index is 11.7. The van der Waals surface area contributed by atoms with Gasteiger partial charge in [0.2, 0.25) is 5.91 Å². The van der Waals surface area contributed by atoms with Crippen LogP contribution in [0.1, 0.15) is 24.1 Å². The zero-order valence-electron chi connectivity index (χ0n) is 11.8. The lowest BCUT2D eigenvalue weighted by Crippen LogP contribution is -2.42. The highest BCUT2D eigenvalue weighted by Crippen LogP contribution is 1.99. The van der Waals surface area contributed by atoms with Gasteiger partial charge < -0.3 is 5.32 Å². The molecule has 1 heterocycles. The molecule has 0 aliphatic carbocycles. The Kier molecular flexibility index (Phi) is 5.22. The lowest BCUT2D eigenvalue weighted by Gasteiger charge is -2.18. The minimum absolute atomic E-state index is 0.0318. The van der Waals surface area contributed by atoms with Gasteiger partial charge in [0.05, 0.1) is 6.04 Å². The summed E-state index contributed by atoms with van der Waals surface area (Å²) in [7, 11) is 3.77. The lowest BCUT2D eigenvalue weighted by atomic mass is 10.2. The number of aryl methyl sites for hydroxylation is 2. The molecule has 1 N–H and O–H groups in total. The van der Waals surface area contributed by atoms with Crippen molar-refractivity contribution in [1.82, 2.24) is 20.2 Å². The van der Waals surface area contributed by atoms with Gasteiger partial charge in [0.15, 0.2) is 0 Å². The highest BCUT2D eigenvalue weighted by Gasteiger charge is 2.13. The fourth-order valence-electron chi connectivity index (χ4n) is 1.59. The summed E-state index contributed by atoms with van der Waals surface area (Å²) < 4.78 is 0. The third kappa shape index (κ3) is 4.41. The van der Waals surface area contributed by atoms with Crippen LogP contribution in [0.5, 0.6) is 0 Å². The summed E-state index contributed by atoms with van der Waals surface area (Å²) >= 11 is 0. The first-order valence-corrected chi connectivity index (χ1v) is 6.15. The second-order valence-electron chi connectivity index (χ2n) is 4.75. The van der Waals surface area contributed by atoms with Crippen molar-refractivity contribution < 1.29 is 4.79 Å². The number of carbonyl (C=O) groups is 1. The molecule has 5 heteroatoms. The van der Waals surface area contributed by atoms with E-state index in [0.29, 0.717) is 13.0 Å². The maximum Gasteiger partial charge on any atom is 0.237 e. The van der Waals surface area contributed by atoms with E-state index in [4.69, 9.17) is 0 Å². The van der Waals surface area contributed by atoms with Gasteiger partial charge in [0, 0.05) is 24.4 Å². The largest absolute Gasteiger partial charge is 0.354 e. The first-order chi connectivity index (χ1) is 8.40. The first-order valence-electron chi connectivity index (χ1n) is 6.15. The van der Waals surface area contributed by atoms with Crippen molar-refractivity contribution in [3.8, 4) is 0 Å². The normalized spacial score (nSPS) is 12.6. The molecule has 0 radical (unpaired) electrons. The zero-order chi connectivity index (χ0) is 13.7. The van der Waals surface area contributed by atoms with Crippen LogP contribution in [0, 0.1) is 13.8 Å². The van der Waals surface area contributed by atoms with E-state index in [1.807, 2.05) is 45.8 Å². The third-order valence-electron chi connectivity index (χ3n) is 2.83. The van der Waals surface area contributed by atoms with Crippen molar-refractivity contribution >= 4 is 5.91 Å². The second kappa shape index (κ2) is 6.44. The SMILES string of the molecule is Cc1cc(C)nc(CCNC(=O)[C@@H](C)N(C)C)n1. The molecule has 18 heavy (non-hydrogen) atoms. The molecule has 0 unspecified atom stereocenters. The van der Waals surface area contributed by atoms with Crippen LogP contribution in [0.4, 0.5) is 0 Å². The van der Waals surface area contributed by atoms with Crippen LogP contribution in [-0.2, 0) is 11.2 Å². The number of rotatable bonds is 5. The molecule has 0 fully saturated rings. The fraction of sp³-hybridized carbons (Fsp3) is 0.615. The van der Waals surface area contributed by atoms with Crippen molar-refractivity contribution in [3.05, 3.63) is 23.3 Å². The molecule has 0 aliphatic heterocycles. The Labute approximate surface area is 109 Å². The molecule has 0 aromatic carbocycles. The van der Waals surface area contributed by atoms with Gasteiger partial charge >= 0.3 is 0 Å².